The number of aromatic nitrogens is 3. The van der Waals surface area contributed by atoms with Gasteiger partial charge in [-0.1, -0.05) is 18.2 Å². The fourth-order valence-corrected chi connectivity index (χ4v) is 3.24. The van der Waals surface area contributed by atoms with Crippen molar-refractivity contribution in [2.75, 3.05) is 25.0 Å². The summed E-state index contributed by atoms with van der Waals surface area (Å²) in [5, 5.41) is 3.69. The van der Waals surface area contributed by atoms with Gasteiger partial charge in [0.15, 0.2) is 0 Å². The highest BCUT2D eigenvalue weighted by atomic mass is 35.5. The fourth-order valence-electron chi connectivity index (χ4n) is 3.01. The first-order valence-corrected chi connectivity index (χ1v) is 9.80. The van der Waals surface area contributed by atoms with Crippen LogP contribution in [-0.4, -0.2) is 63.9 Å². The minimum atomic E-state index is -1.27. The van der Waals surface area contributed by atoms with Crippen LogP contribution < -0.4 is 15.8 Å². The molecule has 0 spiro atoms. The van der Waals surface area contributed by atoms with Crippen molar-refractivity contribution in [2.24, 2.45) is 10.7 Å². The third kappa shape index (κ3) is 4.70. The molecule has 2 atom stereocenters. The number of fused-ring (bicyclic) bond motifs is 1. The number of hydrogen-bond acceptors (Lipinski definition) is 7. The normalized spacial score (nSPS) is 20.0. The van der Waals surface area contributed by atoms with Crippen molar-refractivity contribution < 1.29 is 13.9 Å². The zero-order chi connectivity index (χ0) is 21.7. The average Bonchev–Trinajstić information content (AvgIpc) is 3.12. The van der Waals surface area contributed by atoms with Crippen LogP contribution in [0.25, 0.3) is 11.0 Å². The SMILES string of the molecule is C=CC(=O)N1CC[C@@H](F)[C@H](Oc2nc(NC(C=NCC)=CN)nc3[nH]cc(Cl)c23)C1. The second-order valence-corrected chi connectivity index (χ2v) is 6.94. The molecular weight excluding hydrogens is 413 g/mol. The van der Waals surface area contributed by atoms with E-state index >= 15 is 0 Å². The van der Waals surface area contributed by atoms with E-state index in [0.717, 1.165) is 0 Å². The predicted molar refractivity (Wildman–Crippen MR) is 115 cm³/mol. The number of carbonyl (C=O) groups excluding carboxylic acids is 1. The molecule has 2 aromatic rings. The molecule has 160 valence electrons. The van der Waals surface area contributed by atoms with Crippen LogP contribution >= 0.6 is 11.6 Å². The van der Waals surface area contributed by atoms with E-state index in [1.54, 1.807) is 6.21 Å². The number of amides is 1. The standard InChI is InChI=1S/C19H23ClFN7O2/c1-3-15(29)28-6-5-13(21)14(10-28)30-18-16-12(20)9-24-17(16)26-19(27-18)25-11(7-22)8-23-4-2/h3,7-9,13-14H,1,4-6,10,22H2,2H3,(H2,24,25,26,27)/t13-,14-/m1/s1. The maximum atomic E-state index is 14.6. The number of rotatable bonds is 7. The molecule has 1 aliphatic heterocycles. The molecule has 0 aromatic carbocycles. The highest BCUT2D eigenvalue weighted by Gasteiger charge is 2.33. The molecule has 1 saturated heterocycles. The molecule has 4 N–H and O–H groups in total. The topological polar surface area (TPSA) is 122 Å². The number of alkyl halides is 1. The van der Waals surface area contributed by atoms with Gasteiger partial charge in [-0.2, -0.15) is 9.97 Å². The second-order valence-electron chi connectivity index (χ2n) is 6.54. The third-order valence-electron chi connectivity index (χ3n) is 4.53. The van der Waals surface area contributed by atoms with Crippen LogP contribution in [-0.2, 0) is 4.79 Å². The van der Waals surface area contributed by atoms with Crippen LogP contribution in [0.2, 0.25) is 5.02 Å². The number of nitrogens with zero attached hydrogens (tertiary/aromatic N) is 4. The Bertz CT molecular complexity index is 991. The van der Waals surface area contributed by atoms with Gasteiger partial charge >= 0.3 is 0 Å². The average molecular weight is 436 g/mol. The lowest BCUT2D eigenvalue weighted by Crippen LogP contribution is -2.49. The Hall–Kier alpha value is -3.14. The number of halogens is 2. The Morgan fingerprint density at radius 2 is 2.40 bits per heavy atom. The summed E-state index contributed by atoms with van der Waals surface area (Å²) < 4.78 is 20.5. The van der Waals surface area contributed by atoms with E-state index in [4.69, 9.17) is 22.1 Å². The number of nitrogens with two attached hydrogens (primary N) is 1. The maximum absolute atomic E-state index is 14.6. The Labute approximate surface area is 177 Å². The summed E-state index contributed by atoms with van der Waals surface area (Å²) in [6.45, 7) is 6.31. The van der Waals surface area contributed by atoms with Gasteiger partial charge in [0.2, 0.25) is 17.7 Å². The van der Waals surface area contributed by atoms with Gasteiger partial charge < -0.3 is 25.7 Å². The van der Waals surface area contributed by atoms with Crippen molar-refractivity contribution in [3.63, 3.8) is 0 Å². The largest absolute Gasteiger partial charge is 0.469 e. The molecule has 2 aromatic heterocycles. The van der Waals surface area contributed by atoms with Gasteiger partial charge in [-0.15, -0.1) is 0 Å². The van der Waals surface area contributed by atoms with Crippen molar-refractivity contribution >= 4 is 40.7 Å². The highest BCUT2D eigenvalue weighted by Crippen LogP contribution is 2.32. The fraction of sp³-hybridized carbons (Fsp3) is 0.368. The van der Waals surface area contributed by atoms with Gasteiger partial charge in [0, 0.05) is 31.7 Å². The first-order valence-electron chi connectivity index (χ1n) is 9.42. The molecular formula is C19H23ClFN7O2. The van der Waals surface area contributed by atoms with Crippen LogP contribution in [0.1, 0.15) is 13.3 Å². The minimum absolute atomic E-state index is 0.0689. The number of ether oxygens (including phenoxy) is 1. The molecule has 3 heterocycles. The number of likely N-dealkylation sites (tertiary alicyclic amines) is 1. The first-order chi connectivity index (χ1) is 14.5. The molecule has 0 bridgehead atoms. The number of aromatic amines is 1. The first kappa shape index (κ1) is 21.6. The molecule has 1 fully saturated rings. The van der Waals surface area contributed by atoms with Crippen LogP contribution in [0.5, 0.6) is 5.88 Å². The molecule has 0 unspecified atom stereocenters. The number of aliphatic imine (C=N–C) groups is 1. The molecule has 9 nitrogen and oxygen atoms in total. The number of carbonyl (C=O) groups is 1. The molecule has 0 saturated carbocycles. The predicted octanol–water partition coefficient (Wildman–Crippen LogP) is 2.42. The molecule has 0 aliphatic carbocycles. The van der Waals surface area contributed by atoms with E-state index in [0.29, 0.717) is 34.8 Å². The van der Waals surface area contributed by atoms with Gasteiger partial charge in [0.25, 0.3) is 0 Å². The maximum Gasteiger partial charge on any atom is 0.246 e. The highest BCUT2D eigenvalue weighted by molar-refractivity contribution is 6.35. The number of piperidine rings is 1. The zero-order valence-electron chi connectivity index (χ0n) is 16.4. The van der Waals surface area contributed by atoms with Crippen LogP contribution in [0.3, 0.4) is 0 Å². The lowest BCUT2D eigenvalue weighted by atomic mass is 10.1. The lowest BCUT2D eigenvalue weighted by Gasteiger charge is -2.34. The molecule has 11 heteroatoms. The van der Waals surface area contributed by atoms with E-state index in [1.165, 1.54) is 23.4 Å². The van der Waals surface area contributed by atoms with Crippen LogP contribution in [0, 0.1) is 0 Å². The summed E-state index contributed by atoms with van der Waals surface area (Å²) in [6, 6.07) is 0. The summed E-state index contributed by atoms with van der Waals surface area (Å²) in [5.41, 5.74) is 6.49. The van der Waals surface area contributed by atoms with Crippen molar-refractivity contribution in [3.8, 4) is 5.88 Å². The van der Waals surface area contributed by atoms with Gasteiger partial charge in [-0.05, 0) is 19.4 Å². The third-order valence-corrected chi connectivity index (χ3v) is 4.82. The molecule has 1 aliphatic rings. The van der Waals surface area contributed by atoms with Crippen molar-refractivity contribution in [3.05, 3.63) is 35.8 Å². The molecule has 30 heavy (non-hydrogen) atoms. The summed E-state index contributed by atoms with van der Waals surface area (Å²) in [5.74, 6) is -0.0167. The molecule has 3 rings (SSSR count). The number of anilines is 1. The Kier molecular flexibility index (Phi) is 6.88. The van der Waals surface area contributed by atoms with E-state index in [1.807, 2.05) is 6.92 Å². The van der Waals surface area contributed by atoms with Gasteiger partial charge in [0.05, 0.1) is 22.7 Å². The van der Waals surface area contributed by atoms with Crippen molar-refractivity contribution in [2.45, 2.75) is 25.6 Å². The summed E-state index contributed by atoms with van der Waals surface area (Å²) in [6.07, 6.45) is 3.58. The Morgan fingerprint density at radius 3 is 3.10 bits per heavy atom. The lowest BCUT2D eigenvalue weighted by molar-refractivity contribution is -0.130. The zero-order valence-corrected chi connectivity index (χ0v) is 17.2. The van der Waals surface area contributed by atoms with E-state index in [9.17, 15) is 9.18 Å². The quantitative estimate of drug-likeness (QED) is 0.453. The van der Waals surface area contributed by atoms with E-state index < -0.39 is 12.3 Å². The summed E-state index contributed by atoms with van der Waals surface area (Å²) >= 11 is 6.25. The molecule has 0 radical (unpaired) electrons. The van der Waals surface area contributed by atoms with Crippen LogP contribution in [0.4, 0.5) is 10.3 Å². The second kappa shape index (κ2) is 9.57. The number of hydrogen-bond donors (Lipinski definition) is 3. The van der Waals surface area contributed by atoms with Gasteiger partial charge in [0.1, 0.15) is 17.9 Å². The number of nitrogens with one attached hydrogen (secondary N) is 2. The van der Waals surface area contributed by atoms with Crippen LogP contribution in [0.15, 0.2) is 35.7 Å². The van der Waals surface area contributed by atoms with Gasteiger partial charge in [-0.25, -0.2) is 4.39 Å². The summed E-state index contributed by atoms with van der Waals surface area (Å²) in [4.78, 5) is 29.2. The van der Waals surface area contributed by atoms with Crippen molar-refractivity contribution in [1.82, 2.24) is 19.9 Å². The number of allylic oxidation sites excluding steroid dienone is 1. The summed E-state index contributed by atoms with van der Waals surface area (Å²) in [7, 11) is 0. The smallest absolute Gasteiger partial charge is 0.246 e. The van der Waals surface area contributed by atoms with E-state index in [2.05, 4.69) is 31.8 Å². The number of H-pyrrole nitrogens is 1. The monoisotopic (exact) mass is 435 g/mol. The Morgan fingerprint density at radius 1 is 1.60 bits per heavy atom. The van der Waals surface area contributed by atoms with Gasteiger partial charge in [-0.3, -0.25) is 9.79 Å². The molecule has 1 amide bonds. The van der Waals surface area contributed by atoms with Crippen molar-refractivity contribution in [1.29, 1.82) is 0 Å². The van der Waals surface area contributed by atoms with E-state index in [-0.39, 0.29) is 30.7 Å². The Balaban J connectivity index is 1.91. The minimum Gasteiger partial charge on any atom is -0.469 e.